The van der Waals surface area contributed by atoms with Crippen molar-refractivity contribution in [1.82, 2.24) is 0 Å². The van der Waals surface area contributed by atoms with Crippen LogP contribution in [0.25, 0.3) is 11.0 Å². The van der Waals surface area contributed by atoms with Gasteiger partial charge in [-0.25, -0.2) is 0 Å². The summed E-state index contributed by atoms with van der Waals surface area (Å²) in [6.07, 6.45) is 6.16. The number of ether oxygens (including phenoxy) is 2. The number of furan rings is 1. The van der Waals surface area contributed by atoms with Crippen LogP contribution in [-0.4, -0.2) is 19.0 Å². The maximum absolute atomic E-state index is 5.79. The van der Waals surface area contributed by atoms with Crippen LogP contribution in [0.3, 0.4) is 0 Å². The van der Waals surface area contributed by atoms with Gasteiger partial charge in [0, 0.05) is 23.8 Å². The van der Waals surface area contributed by atoms with Crippen LogP contribution in [0.2, 0.25) is 0 Å². The molecule has 2 aromatic rings. The smallest absolute Gasteiger partial charge is 0.168 e. The second-order valence-corrected chi connectivity index (χ2v) is 5.57. The van der Waals surface area contributed by atoms with Gasteiger partial charge in [-0.2, -0.15) is 0 Å². The minimum Gasteiger partial charge on any atom is -0.464 e. The molecule has 3 nitrogen and oxygen atoms in total. The lowest BCUT2D eigenvalue weighted by Crippen LogP contribution is -2.34. The van der Waals surface area contributed by atoms with Crippen molar-refractivity contribution >= 4 is 11.0 Å². The molecular weight excluding hydrogens is 240 g/mol. The van der Waals surface area contributed by atoms with Crippen molar-refractivity contribution in [1.29, 1.82) is 0 Å². The largest absolute Gasteiger partial charge is 0.464 e. The Morgan fingerprint density at radius 2 is 1.74 bits per heavy atom. The first-order chi connectivity index (χ1) is 9.36. The molecule has 1 aliphatic heterocycles. The third kappa shape index (κ3) is 1.88. The van der Waals surface area contributed by atoms with E-state index in [-0.39, 0.29) is 5.79 Å². The summed E-state index contributed by atoms with van der Waals surface area (Å²) in [4.78, 5) is 0. The zero-order chi connectivity index (χ0) is 12.7. The topological polar surface area (TPSA) is 31.6 Å². The molecule has 0 atom stereocenters. The van der Waals surface area contributed by atoms with Crippen LogP contribution >= 0.6 is 0 Å². The lowest BCUT2D eigenvalue weighted by molar-refractivity contribution is -0.178. The molecule has 4 rings (SSSR count). The van der Waals surface area contributed by atoms with Gasteiger partial charge < -0.3 is 13.9 Å². The fourth-order valence-corrected chi connectivity index (χ4v) is 3.47. The Morgan fingerprint density at radius 1 is 1.00 bits per heavy atom. The Balaban J connectivity index is 1.58. The highest BCUT2D eigenvalue weighted by Crippen LogP contribution is 2.44. The molecule has 1 saturated carbocycles. The summed E-state index contributed by atoms with van der Waals surface area (Å²) >= 11 is 0. The number of fused-ring (bicyclic) bond motifs is 1. The molecule has 0 radical (unpaired) electrons. The number of rotatable bonds is 1. The van der Waals surface area contributed by atoms with Crippen molar-refractivity contribution in [3.05, 3.63) is 36.1 Å². The van der Waals surface area contributed by atoms with Gasteiger partial charge in [0.2, 0.25) is 0 Å². The van der Waals surface area contributed by atoms with Crippen LogP contribution < -0.4 is 0 Å². The average Bonchev–Trinajstić information content (AvgIpc) is 3.08. The molecule has 0 unspecified atom stereocenters. The van der Waals surface area contributed by atoms with Gasteiger partial charge in [0.15, 0.2) is 5.79 Å². The van der Waals surface area contributed by atoms with E-state index in [9.17, 15) is 0 Å². The van der Waals surface area contributed by atoms with E-state index in [0.29, 0.717) is 5.92 Å². The van der Waals surface area contributed by atoms with Gasteiger partial charge in [0.1, 0.15) is 5.58 Å². The Bertz CT molecular complexity index is 570. The number of benzene rings is 1. The minimum absolute atomic E-state index is 0.268. The molecule has 2 fully saturated rings. The SMILES string of the molecule is c1ccc2c(C3CCC4(CC3)OCCO4)coc2c1. The molecule has 2 aliphatic rings. The van der Waals surface area contributed by atoms with Crippen molar-refractivity contribution in [2.45, 2.75) is 37.4 Å². The molecule has 0 amide bonds. The Kier molecular flexibility index (Phi) is 2.64. The minimum atomic E-state index is -0.268. The van der Waals surface area contributed by atoms with E-state index in [0.717, 1.165) is 44.5 Å². The zero-order valence-corrected chi connectivity index (χ0v) is 10.9. The van der Waals surface area contributed by atoms with E-state index in [4.69, 9.17) is 13.9 Å². The van der Waals surface area contributed by atoms with Crippen molar-refractivity contribution in [3.8, 4) is 0 Å². The zero-order valence-electron chi connectivity index (χ0n) is 10.9. The van der Waals surface area contributed by atoms with E-state index in [2.05, 4.69) is 12.1 Å². The molecular formula is C16H18O3. The van der Waals surface area contributed by atoms with Crippen LogP contribution in [-0.2, 0) is 9.47 Å². The molecule has 19 heavy (non-hydrogen) atoms. The van der Waals surface area contributed by atoms with Gasteiger partial charge in [0.05, 0.1) is 19.5 Å². The standard InChI is InChI=1S/C16H18O3/c1-2-4-15-13(3-1)14(11-17-15)12-5-7-16(8-6-12)18-9-10-19-16/h1-4,11-12H,5-10H2. The summed E-state index contributed by atoms with van der Waals surface area (Å²) in [6, 6.07) is 8.29. The highest BCUT2D eigenvalue weighted by molar-refractivity contribution is 5.81. The van der Waals surface area contributed by atoms with Crippen LogP contribution in [0.4, 0.5) is 0 Å². The predicted octanol–water partition coefficient (Wildman–Crippen LogP) is 3.83. The summed E-state index contributed by atoms with van der Waals surface area (Å²) in [5.41, 5.74) is 2.34. The fraction of sp³-hybridized carbons (Fsp3) is 0.500. The molecule has 1 spiro atoms. The maximum atomic E-state index is 5.79. The molecule has 100 valence electrons. The third-order valence-electron chi connectivity index (χ3n) is 4.51. The van der Waals surface area contributed by atoms with Crippen molar-refractivity contribution in [2.24, 2.45) is 0 Å². The van der Waals surface area contributed by atoms with E-state index < -0.39 is 0 Å². The third-order valence-corrected chi connectivity index (χ3v) is 4.51. The van der Waals surface area contributed by atoms with E-state index in [1.54, 1.807) is 0 Å². The van der Waals surface area contributed by atoms with Crippen molar-refractivity contribution in [2.75, 3.05) is 13.2 Å². The molecule has 1 aromatic heterocycles. The summed E-state index contributed by atoms with van der Waals surface area (Å²) in [5.74, 6) is 0.304. The predicted molar refractivity (Wildman–Crippen MR) is 72.1 cm³/mol. The van der Waals surface area contributed by atoms with E-state index >= 15 is 0 Å². The molecule has 0 N–H and O–H groups in total. The molecule has 0 bridgehead atoms. The first-order valence-corrected chi connectivity index (χ1v) is 7.10. The van der Waals surface area contributed by atoms with Crippen LogP contribution in [0, 0.1) is 0 Å². The fourth-order valence-electron chi connectivity index (χ4n) is 3.47. The Hall–Kier alpha value is -1.32. The second-order valence-electron chi connectivity index (χ2n) is 5.57. The monoisotopic (exact) mass is 258 g/mol. The van der Waals surface area contributed by atoms with Crippen molar-refractivity contribution < 1.29 is 13.9 Å². The van der Waals surface area contributed by atoms with Crippen LogP contribution in [0.1, 0.15) is 37.2 Å². The highest BCUT2D eigenvalue weighted by atomic mass is 16.7. The Morgan fingerprint density at radius 3 is 2.53 bits per heavy atom. The highest BCUT2D eigenvalue weighted by Gasteiger charge is 2.40. The van der Waals surface area contributed by atoms with E-state index in [1.165, 1.54) is 10.9 Å². The normalized spacial score (nSPS) is 23.4. The van der Waals surface area contributed by atoms with E-state index in [1.807, 2.05) is 18.4 Å². The maximum Gasteiger partial charge on any atom is 0.168 e. The summed E-state index contributed by atoms with van der Waals surface area (Å²) in [6.45, 7) is 1.50. The molecule has 1 saturated heterocycles. The first-order valence-electron chi connectivity index (χ1n) is 7.10. The van der Waals surface area contributed by atoms with Crippen molar-refractivity contribution in [3.63, 3.8) is 0 Å². The van der Waals surface area contributed by atoms with Gasteiger partial charge in [-0.05, 0) is 24.8 Å². The lowest BCUT2D eigenvalue weighted by Gasteiger charge is -2.35. The summed E-state index contributed by atoms with van der Waals surface area (Å²) in [7, 11) is 0. The Labute approximate surface area is 112 Å². The molecule has 2 heterocycles. The molecule has 1 aliphatic carbocycles. The number of hydrogen-bond acceptors (Lipinski definition) is 3. The van der Waals surface area contributed by atoms with Gasteiger partial charge in [-0.3, -0.25) is 0 Å². The first kappa shape index (κ1) is 11.5. The average molecular weight is 258 g/mol. The lowest BCUT2D eigenvalue weighted by atomic mass is 9.81. The summed E-state index contributed by atoms with van der Waals surface area (Å²) in [5, 5.41) is 1.26. The second kappa shape index (κ2) is 4.36. The quantitative estimate of drug-likeness (QED) is 0.779. The summed E-state index contributed by atoms with van der Waals surface area (Å²) < 4.78 is 17.2. The van der Waals surface area contributed by atoms with Gasteiger partial charge in [-0.1, -0.05) is 18.2 Å². The van der Waals surface area contributed by atoms with Crippen LogP contribution in [0.15, 0.2) is 34.9 Å². The molecule has 1 aromatic carbocycles. The van der Waals surface area contributed by atoms with Gasteiger partial charge in [-0.15, -0.1) is 0 Å². The number of hydrogen-bond donors (Lipinski definition) is 0. The van der Waals surface area contributed by atoms with Gasteiger partial charge >= 0.3 is 0 Å². The molecule has 3 heteroatoms. The van der Waals surface area contributed by atoms with Gasteiger partial charge in [0.25, 0.3) is 0 Å². The number of para-hydroxylation sites is 1. The van der Waals surface area contributed by atoms with Crippen LogP contribution in [0.5, 0.6) is 0 Å².